The zero-order valence-electron chi connectivity index (χ0n) is 11.0. The van der Waals surface area contributed by atoms with Gasteiger partial charge >= 0.3 is 0 Å². The van der Waals surface area contributed by atoms with Crippen LogP contribution in [0.25, 0.3) is 0 Å². The van der Waals surface area contributed by atoms with Crippen LogP contribution in [0.3, 0.4) is 0 Å². The second-order valence-electron chi connectivity index (χ2n) is 5.05. The van der Waals surface area contributed by atoms with Crippen LogP contribution in [0.15, 0.2) is 18.2 Å². The van der Waals surface area contributed by atoms with Crippen LogP contribution in [0.4, 0.5) is 0 Å². The molecule has 1 N–H and O–H groups in total. The van der Waals surface area contributed by atoms with Crippen LogP contribution in [-0.2, 0) is 0 Å². The van der Waals surface area contributed by atoms with Gasteiger partial charge in [-0.05, 0) is 69.3 Å². The summed E-state index contributed by atoms with van der Waals surface area (Å²) in [7, 11) is 0. The average molecular weight is 233 g/mol. The zero-order chi connectivity index (χ0) is 12.1. The van der Waals surface area contributed by atoms with E-state index in [-0.39, 0.29) is 0 Å². The summed E-state index contributed by atoms with van der Waals surface area (Å²) < 4.78 is 5.89. The second kappa shape index (κ2) is 6.06. The lowest BCUT2D eigenvalue weighted by molar-refractivity contribution is 0.253. The van der Waals surface area contributed by atoms with E-state index in [0.29, 0.717) is 0 Å². The van der Waals surface area contributed by atoms with Crippen molar-refractivity contribution in [3.63, 3.8) is 0 Å². The average Bonchev–Trinajstić information content (AvgIpc) is 2.36. The highest BCUT2D eigenvalue weighted by molar-refractivity contribution is 5.38. The summed E-state index contributed by atoms with van der Waals surface area (Å²) in [4.78, 5) is 0. The number of hydrogen-bond donors (Lipinski definition) is 1. The number of rotatable bonds is 4. The lowest BCUT2D eigenvalue weighted by atomic mass is 9.97. The first-order valence-corrected chi connectivity index (χ1v) is 6.67. The molecule has 0 bridgehead atoms. The lowest BCUT2D eigenvalue weighted by Gasteiger charge is -2.22. The Morgan fingerprint density at radius 3 is 3.00 bits per heavy atom. The van der Waals surface area contributed by atoms with E-state index in [9.17, 15) is 0 Å². The molecule has 0 spiro atoms. The summed E-state index contributed by atoms with van der Waals surface area (Å²) in [6.07, 6.45) is 3.83. The van der Waals surface area contributed by atoms with Crippen molar-refractivity contribution in [3.8, 4) is 5.75 Å². The van der Waals surface area contributed by atoms with Crippen molar-refractivity contribution >= 4 is 0 Å². The molecule has 1 aromatic carbocycles. The Hall–Kier alpha value is -1.02. The largest absolute Gasteiger partial charge is 0.493 e. The van der Waals surface area contributed by atoms with E-state index in [1.165, 1.54) is 36.9 Å². The highest BCUT2D eigenvalue weighted by Crippen LogP contribution is 2.21. The number of benzene rings is 1. The van der Waals surface area contributed by atoms with Gasteiger partial charge in [0.1, 0.15) is 5.75 Å². The first kappa shape index (κ1) is 12.4. The number of hydrogen-bond acceptors (Lipinski definition) is 2. The van der Waals surface area contributed by atoms with Gasteiger partial charge in [0.2, 0.25) is 0 Å². The molecule has 0 radical (unpaired) electrons. The van der Waals surface area contributed by atoms with Gasteiger partial charge in [-0.2, -0.15) is 0 Å². The molecule has 1 heterocycles. The van der Waals surface area contributed by atoms with E-state index >= 15 is 0 Å². The van der Waals surface area contributed by atoms with Gasteiger partial charge in [-0.1, -0.05) is 12.1 Å². The summed E-state index contributed by atoms with van der Waals surface area (Å²) >= 11 is 0. The van der Waals surface area contributed by atoms with E-state index in [4.69, 9.17) is 4.74 Å². The molecule has 94 valence electrons. The Morgan fingerprint density at radius 1 is 1.35 bits per heavy atom. The molecule has 2 nitrogen and oxygen atoms in total. The van der Waals surface area contributed by atoms with Gasteiger partial charge in [-0.25, -0.2) is 0 Å². The highest BCUT2D eigenvalue weighted by Gasteiger charge is 2.12. The maximum Gasteiger partial charge on any atom is 0.122 e. The Labute approximate surface area is 104 Å². The van der Waals surface area contributed by atoms with Crippen LogP contribution >= 0.6 is 0 Å². The van der Waals surface area contributed by atoms with Crippen LogP contribution in [0, 0.1) is 19.8 Å². The van der Waals surface area contributed by atoms with E-state index in [1.807, 2.05) is 0 Å². The molecule has 0 unspecified atom stereocenters. The summed E-state index contributed by atoms with van der Waals surface area (Å²) in [6.45, 7) is 7.46. The van der Waals surface area contributed by atoms with Crippen molar-refractivity contribution < 1.29 is 4.74 Å². The summed E-state index contributed by atoms with van der Waals surface area (Å²) in [5.74, 6) is 1.85. The van der Waals surface area contributed by atoms with Crippen molar-refractivity contribution in [1.29, 1.82) is 0 Å². The van der Waals surface area contributed by atoms with Crippen molar-refractivity contribution in [2.24, 2.45) is 5.92 Å². The molecule has 2 heteroatoms. The molecule has 1 saturated heterocycles. The van der Waals surface area contributed by atoms with Crippen LogP contribution in [0.1, 0.15) is 30.4 Å². The SMILES string of the molecule is Cc1cccc(OCC[C@H]2CCCNC2)c1C. The molecular weight excluding hydrogens is 210 g/mol. The lowest BCUT2D eigenvalue weighted by Crippen LogP contribution is -2.30. The first-order valence-electron chi connectivity index (χ1n) is 6.67. The minimum atomic E-state index is 0.800. The van der Waals surface area contributed by atoms with Crippen molar-refractivity contribution in [2.45, 2.75) is 33.1 Å². The summed E-state index contributed by atoms with van der Waals surface area (Å²) in [5, 5.41) is 3.45. The van der Waals surface area contributed by atoms with Gasteiger partial charge in [-0.15, -0.1) is 0 Å². The Balaban J connectivity index is 1.79. The minimum absolute atomic E-state index is 0.800. The molecule has 0 saturated carbocycles. The van der Waals surface area contributed by atoms with Gasteiger partial charge in [0.15, 0.2) is 0 Å². The summed E-state index contributed by atoms with van der Waals surface area (Å²) in [5.41, 5.74) is 2.58. The van der Waals surface area contributed by atoms with Crippen molar-refractivity contribution in [1.82, 2.24) is 5.32 Å². The van der Waals surface area contributed by atoms with Gasteiger partial charge in [0, 0.05) is 0 Å². The first-order chi connectivity index (χ1) is 8.27. The molecule has 0 amide bonds. The third-order valence-corrected chi connectivity index (χ3v) is 3.74. The normalized spacial score (nSPS) is 20.2. The van der Waals surface area contributed by atoms with Crippen LogP contribution in [0.2, 0.25) is 0 Å². The van der Waals surface area contributed by atoms with Crippen molar-refractivity contribution in [2.75, 3.05) is 19.7 Å². The zero-order valence-corrected chi connectivity index (χ0v) is 11.0. The molecule has 0 aliphatic carbocycles. The molecule has 1 atom stereocenters. The molecule has 2 rings (SSSR count). The predicted octanol–water partition coefficient (Wildman–Crippen LogP) is 3.07. The van der Waals surface area contributed by atoms with E-state index in [1.54, 1.807) is 0 Å². The summed E-state index contributed by atoms with van der Waals surface area (Å²) in [6, 6.07) is 6.27. The molecule has 1 aromatic rings. The Bertz CT molecular complexity index is 356. The minimum Gasteiger partial charge on any atom is -0.493 e. The maximum atomic E-state index is 5.89. The van der Waals surface area contributed by atoms with Gasteiger partial charge < -0.3 is 10.1 Å². The fraction of sp³-hybridized carbons (Fsp3) is 0.600. The van der Waals surface area contributed by atoms with Crippen LogP contribution in [-0.4, -0.2) is 19.7 Å². The number of piperidine rings is 1. The van der Waals surface area contributed by atoms with E-state index in [2.05, 4.69) is 37.4 Å². The number of nitrogens with one attached hydrogen (secondary N) is 1. The molecule has 1 aliphatic rings. The molecular formula is C15H23NO. The Morgan fingerprint density at radius 2 is 2.24 bits per heavy atom. The van der Waals surface area contributed by atoms with E-state index < -0.39 is 0 Å². The fourth-order valence-electron chi connectivity index (χ4n) is 2.39. The smallest absolute Gasteiger partial charge is 0.122 e. The molecule has 1 fully saturated rings. The maximum absolute atomic E-state index is 5.89. The van der Waals surface area contributed by atoms with Gasteiger partial charge in [0.05, 0.1) is 6.61 Å². The monoisotopic (exact) mass is 233 g/mol. The number of aryl methyl sites for hydroxylation is 1. The fourth-order valence-corrected chi connectivity index (χ4v) is 2.39. The second-order valence-corrected chi connectivity index (χ2v) is 5.05. The predicted molar refractivity (Wildman–Crippen MR) is 71.6 cm³/mol. The quantitative estimate of drug-likeness (QED) is 0.863. The third kappa shape index (κ3) is 3.47. The van der Waals surface area contributed by atoms with Crippen molar-refractivity contribution in [3.05, 3.63) is 29.3 Å². The van der Waals surface area contributed by atoms with E-state index in [0.717, 1.165) is 24.8 Å². The standard InChI is InChI=1S/C15H23NO/c1-12-5-3-7-15(13(12)2)17-10-8-14-6-4-9-16-11-14/h3,5,7,14,16H,4,6,8-11H2,1-2H3/t14-/m1/s1. The van der Waals surface area contributed by atoms with Crippen LogP contribution < -0.4 is 10.1 Å². The molecule has 0 aromatic heterocycles. The van der Waals surface area contributed by atoms with Gasteiger partial charge in [0.25, 0.3) is 0 Å². The molecule has 17 heavy (non-hydrogen) atoms. The Kier molecular flexibility index (Phi) is 4.43. The van der Waals surface area contributed by atoms with Gasteiger partial charge in [-0.3, -0.25) is 0 Å². The third-order valence-electron chi connectivity index (χ3n) is 3.74. The molecule has 1 aliphatic heterocycles. The number of ether oxygens (including phenoxy) is 1. The topological polar surface area (TPSA) is 21.3 Å². The highest BCUT2D eigenvalue weighted by atomic mass is 16.5. The van der Waals surface area contributed by atoms with Crippen LogP contribution in [0.5, 0.6) is 5.75 Å².